The van der Waals surface area contributed by atoms with E-state index in [4.69, 9.17) is 0 Å². The maximum absolute atomic E-state index is 12.1. The van der Waals surface area contributed by atoms with Crippen molar-refractivity contribution in [3.8, 4) is 0 Å². The zero-order valence-electron chi connectivity index (χ0n) is 14.6. The van der Waals surface area contributed by atoms with Crippen molar-refractivity contribution < 1.29 is 4.79 Å². The number of thioether (sulfide) groups is 1. The first kappa shape index (κ1) is 17.8. The number of hydrogen-bond acceptors (Lipinski definition) is 4. The third-order valence-corrected chi connectivity index (χ3v) is 6.00. The predicted octanol–water partition coefficient (Wildman–Crippen LogP) is 5.77. The quantitative estimate of drug-likeness (QED) is 0.425. The Hall–Kier alpha value is -2.63. The minimum atomic E-state index is -0.0377. The van der Waals surface area contributed by atoms with Crippen molar-refractivity contribution in [3.05, 3.63) is 88.9 Å². The first-order valence-corrected chi connectivity index (χ1v) is 10.5. The van der Waals surface area contributed by atoms with Crippen LogP contribution in [-0.4, -0.2) is 10.9 Å². The SMILES string of the molecule is O=C(Cc1nc(CSc2ccc3ccccc3c2)cs1)Nc1ccccc1. The van der Waals surface area contributed by atoms with E-state index in [2.05, 4.69) is 52.8 Å². The standard InChI is InChI=1S/C22H18N2OS2/c25-21(23-18-8-2-1-3-9-18)13-22-24-19(15-27-22)14-26-20-11-10-16-6-4-5-7-17(16)12-20/h1-12,15H,13-14H2,(H,23,25). The molecule has 0 unspecified atom stereocenters. The summed E-state index contributed by atoms with van der Waals surface area (Å²) in [4.78, 5) is 18.0. The summed E-state index contributed by atoms with van der Waals surface area (Å²) in [6, 6.07) is 24.4. The molecule has 0 aliphatic rings. The molecule has 5 heteroatoms. The molecule has 1 N–H and O–H groups in total. The Kier molecular flexibility index (Phi) is 5.51. The molecule has 0 bridgehead atoms. The molecule has 0 saturated heterocycles. The van der Waals surface area contributed by atoms with Gasteiger partial charge in [0.05, 0.1) is 12.1 Å². The molecule has 4 rings (SSSR count). The van der Waals surface area contributed by atoms with Crippen molar-refractivity contribution in [1.82, 2.24) is 4.98 Å². The third kappa shape index (κ3) is 4.76. The van der Waals surface area contributed by atoms with Crippen LogP contribution in [0.5, 0.6) is 0 Å². The van der Waals surface area contributed by atoms with Gasteiger partial charge in [-0.25, -0.2) is 4.98 Å². The maximum atomic E-state index is 12.1. The lowest BCUT2D eigenvalue weighted by atomic mass is 10.1. The number of aromatic nitrogens is 1. The van der Waals surface area contributed by atoms with E-state index in [0.717, 1.165) is 22.1 Å². The van der Waals surface area contributed by atoms with E-state index in [1.165, 1.54) is 15.7 Å². The van der Waals surface area contributed by atoms with Crippen LogP contribution >= 0.6 is 23.1 Å². The topological polar surface area (TPSA) is 42.0 Å². The third-order valence-electron chi connectivity index (χ3n) is 4.08. The van der Waals surface area contributed by atoms with Gasteiger partial charge in [-0.1, -0.05) is 48.5 Å². The first-order chi connectivity index (χ1) is 13.3. The highest BCUT2D eigenvalue weighted by molar-refractivity contribution is 7.98. The van der Waals surface area contributed by atoms with Crippen LogP contribution < -0.4 is 5.32 Å². The Morgan fingerprint density at radius 3 is 2.59 bits per heavy atom. The van der Waals surface area contributed by atoms with Crippen molar-refractivity contribution >= 4 is 45.5 Å². The van der Waals surface area contributed by atoms with Gasteiger partial charge in [0, 0.05) is 21.7 Å². The van der Waals surface area contributed by atoms with Crippen LogP contribution in [0.1, 0.15) is 10.7 Å². The summed E-state index contributed by atoms with van der Waals surface area (Å²) in [5.74, 6) is 0.763. The summed E-state index contributed by atoms with van der Waals surface area (Å²) in [7, 11) is 0. The van der Waals surface area contributed by atoms with E-state index in [1.807, 2.05) is 35.7 Å². The van der Waals surface area contributed by atoms with Gasteiger partial charge in [-0.05, 0) is 35.0 Å². The Balaban J connectivity index is 1.34. The molecule has 27 heavy (non-hydrogen) atoms. The molecule has 0 spiro atoms. The number of carbonyl (C=O) groups excluding carboxylic acids is 1. The van der Waals surface area contributed by atoms with Gasteiger partial charge in [0.2, 0.25) is 5.91 Å². The van der Waals surface area contributed by atoms with E-state index in [-0.39, 0.29) is 5.91 Å². The number of thiazole rings is 1. The fourth-order valence-corrected chi connectivity index (χ4v) is 4.51. The lowest BCUT2D eigenvalue weighted by molar-refractivity contribution is -0.115. The molecule has 0 atom stereocenters. The molecular formula is C22H18N2OS2. The van der Waals surface area contributed by atoms with E-state index in [9.17, 15) is 4.79 Å². The summed E-state index contributed by atoms with van der Waals surface area (Å²) in [5, 5.41) is 8.28. The van der Waals surface area contributed by atoms with Gasteiger partial charge in [0.25, 0.3) is 0 Å². The van der Waals surface area contributed by atoms with Gasteiger partial charge in [0.15, 0.2) is 0 Å². The van der Waals surface area contributed by atoms with Crippen LogP contribution in [0.3, 0.4) is 0 Å². The van der Waals surface area contributed by atoms with Crippen molar-refractivity contribution in [2.45, 2.75) is 17.1 Å². The number of rotatable bonds is 6. The lowest BCUT2D eigenvalue weighted by Crippen LogP contribution is -2.14. The number of nitrogens with zero attached hydrogens (tertiary/aromatic N) is 1. The summed E-state index contributed by atoms with van der Waals surface area (Å²) in [6.45, 7) is 0. The largest absolute Gasteiger partial charge is 0.326 e. The highest BCUT2D eigenvalue weighted by atomic mass is 32.2. The number of carbonyl (C=O) groups is 1. The Morgan fingerprint density at radius 1 is 0.963 bits per heavy atom. The molecule has 0 fully saturated rings. The molecule has 1 amide bonds. The molecule has 4 aromatic rings. The highest BCUT2D eigenvalue weighted by Crippen LogP contribution is 2.27. The summed E-state index contributed by atoms with van der Waals surface area (Å²) < 4.78 is 0. The average molecular weight is 391 g/mol. The predicted molar refractivity (Wildman–Crippen MR) is 114 cm³/mol. The van der Waals surface area contributed by atoms with E-state index in [0.29, 0.717) is 6.42 Å². The molecule has 1 heterocycles. The van der Waals surface area contributed by atoms with E-state index in [1.54, 1.807) is 23.1 Å². The normalized spacial score (nSPS) is 10.8. The molecule has 3 aromatic carbocycles. The second kappa shape index (κ2) is 8.37. The number of anilines is 1. The molecule has 3 nitrogen and oxygen atoms in total. The maximum Gasteiger partial charge on any atom is 0.231 e. The minimum Gasteiger partial charge on any atom is -0.326 e. The van der Waals surface area contributed by atoms with E-state index >= 15 is 0 Å². The number of fused-ring (bicyclic) bond motifs is 1. The molecule has 0 aliphatic carbocycles. The lowest BCUT2D eigenvalue weighted by Gasteiger charge is -2.03. The number of nitrogens with one attached hydrogen (secondary N) is 1. The fraction of sp³-hybridized carbons (Fsp3) is 0.0909. The van der Waals surface area contributed by atoms with Crippen LogP contribution in [0, 0.1) is 0 Å². The molecule has 0 radical (unpaired) electrons. The van der Waals surface area contributed by atoms with Gasteiger partial charge in [-0.3, -0.25) is 4.79 Å². The second-order valence-electron chi connectivity index (χ2n) is 6.12. The summed E-state index contributed by atoms with van der Waals surface area (Å²) in [5.41, 5.74) is 1.83. The van der Waals surface area contributed by atoms with Crippen LogP contribution in [-0.2, 0) is 17.0 Å². The monoisotopic (exact) mass is 390 g/mol. The Bertz CT molecular complexity index is 1060. The smallest absolute Gasteiger partial charge is 0.231 e. The zero-order chi connectivity index (χ0) is 18.5. The highest BCUT2D eigenvalue weighted by Gasteiger charge is 2.09. The molecule has 0 saturated carbocycles. The molecule has 1 aromatic heterocycles. The van der Waals surface area contributed by atoms with Gasteiger partial charge in [0.1, 0.15) is 5.01 Å². The number of benzene rings is 3. The minimum absolute atomic E-state index is 0.0377. The fourth-order valence-electron chi connectivity index (χ4n) is 2.77. The first-order valence-electron chi connectivity index (χ1n) is 8.66. The molecule has 134 valence electrons. The van der Waals surface area contributed by atoms with Crippen LogP contribution in [0.15, 0.2) is 83.1 Å². The molecule has 0 aliphatic heterocycles. The van der Waals surface area contributed by atoms with Crippen LogP contribution in [0.4, 0.5) is 5.69 Å². The Labute approximate surface area is 166 Å². The number of para-hydroxylation sites is 1. The van der Waals surface area contributed by atoms with Gasteiger partial charge < -0.3 is 5.32 Å². The van der Waals surface area contributed by atoms with Gasteiger partial charge in [-0.2, -0.15) is 0 Å². The zero-order valence-corrected chi connectivity index (χ0v) is 16.2. The Morgan fingerprint density at radius 2 is 1.74 bits per heavy atom. The van der Waals surface area contributed by atoms with E-state index < -0.39 is 0 Å². The number of amides is 1. The van der Waals surface area contributed by atoms with Crippen molar-refractivity contribution in [3.63, 3.8) is 0 Å². The van der Waals surface area contributed by atoms with Gasteiger partial charge in [-0.15, -0.1) is 23.1 Å². The van der Waals surface area contributed by atoms with Crippen LogP contribution in [0.25, 0.3) is 10.8 Å². The van der Waals surface area contributed by atoms with Crippen LogP contribution in [0.2, 0.25) is 0 Å². The van der Waals surface area contributed by atoms with Crippen molar-refractivity contribution in [2.75, 3.05) is 5.32 Å². The summed E-state index contributed by atoms with van der Waals surface area (Å²) in [6.07, 6.45) is 0.306. The van der Waals surface area contributed by atoms with Gasteiger partial charge >= 0.3 is 0 Å². The van der Waals surface area contributed by atoms with Crippen molar-refractivity contribution in [2.24, 2.45) is 0 Å². The second-order valence-corrected chi connectivity index (χ2v) is 8.11. The van der Waals surface area contributed by atoms with Crippen molar-refractivity contribution in [1.29, 1.82) is 0 Å². The summed E-state index contributed by atoms with van der Waals surface area (Å²) >= 11 is 3.31. The number of hydrogen-bond donors (Lipinski definition) is 1. The molecular weight excluding hydrogens is 372 g/mol. The average Bonchev–Trinajstić information content (AvgIpc) is 3.14.